The summed E-state index contributed by atoms with van der Waals surface area (Å²) in [7, 11) is 0. The van der Waals surface area contributed by atoms with E-state index in [9.17, 15) is 9.59 Å². The topological polar surface area (TPSA) is 58.2 Å². The van der Waals surface area contributed by atoms with Gasteiger partial charge in [-0.25, -0.2) is 0 Å². The van der Waals surface area contributed by atoms with Crippen molar-refractivity contribution in [1.29, 1.82) is 0 Å². The van der Waals surface area contributed by atoms with Gasteiger partial charge in [0.05, 0.1) is 12.2 Å². The van der Waals surface area contributed by atoms with E-state index in [0.717, 1.165) is 10.0 Å². The fourth-order valence-electron chi connectivity index (χ4n) is 1.54. The van der Waals surface area contributed by atoms with Gasteiger partial charge in [0.15, 0.2) is 0 Å². The number of benzene rings is 1. The lowest BCUT2D eigenvalue weighted by molar-refractivity contribution is -0.124. The van der Waals surface area contributed by atoms with Gasteiger partial charge in [0, 0.05) is 10.9 Å². The number of halogens is 1. The maximum absolute atomic E-state index is 11.7. The third kappa shape index (κ3) is 5.87. The second-order valence-electron chi connectivity index (χ2n) is 4.91. The molecule has 4 nitrogen and oxygen atoms in total. The van der Waals surface area contributed by atoms with E-state index in [1.54, 1.807) is 0 Å². The zero-order valence-corrected chi connectivity index (χ0v) is 13.0. The van der Waals surface area contributed by atoms with Gasteiger partial charge in [-0.1, -0.05) is 19.9 Å². The highest BCUT2D eigenvalue weighted by Gasteiger charge is 2.09. The predicted molar refractivity (Wildman–Crippen MR) is 80.0 cm³/mol. The Morgan fingerprint density at radius 1 is 1.26 bits per heavy atom. The molecule has 0 bridgehead atoms. The molecule has 0 spiro atoms. The Labute approximate surface area is 122 Å². The van der Waals surface area contributed by atoms with E-state index in [1.165, 1.54) is 0 Å². The molecule has 1 rings (SSSR count). The summed E-state index contributed by atoms with van der Waals surface area (Å²) in [5, 5.41) is 5.34. The van der Waals surface area contributed by atoms with Crippen LogP contribution in [-0.2, 0) is 9.59 Å². The van der Waals surface area contributed by atoms with Crippen LogP contribution in [0, 0.1) is 12.8 Å². The van der Waals surface area contributed by atoms with Crippen LogP contribution in [0.3, 0.4) is 0 Å². The summed E-state index contributed by atoms with van der Waals surface area (Å²) in [5.41, 5.74) is 1.81. The molecule has 0 heterocycles. The van der Waals surface area contributed by atoms with Crippen molar-refractivity contribution >= 4 is 33.4 Å². The van der Waals surface area contributed by atoms with Crippen LogP contribution in [-0.4, -0.2) is 18.4 Å². The lowest BCUT2D eigenvalue weighted by Crippen LogP contribution is -2.33. The quantitative estimate of drug-likeness (QED) is 0.874. The van der Waals surface area contributed by atoms with Gasteiger partial charge in [-0.15, -0.1) is 0 Å². The first-order valence-electron chi connectivity index (χ1n) is 6.21. The Hall–Kier alpha value is -1.36. The zero-order valence-electron chi connectivity index (χ0n) is 11.4. The number of amides is 2. The smallest absolute Gasteiger partial charge is 0.243 e. The molecule has 2 amide bonds. The van der Waals surface area contributed by atoms with Crippen molar-refractivity contribution in [2.24, 2.45) is 5.92 Å². The summed E-state index contributed by atoms with van der Waals surface area (Å²) in [6, 6.07) is 5.66. The SMILES string of the molecule is Cc1ccc(NC(=O)CNC(=O)CC(C)C)c(Br)c1. The lowest BCUT2D eigenvalue weighted by atomic mass is 10.1. The maximum Gasteiger partial charge on any atom is 0.243 e. The first-order valence-corrected chi connectivity index (χ1v) is 7.00. The highest BCUT2D eigenvalue weighted by molar-refractivity contribution is 9.10. The summed E-state index contributed by atoms with van der Waals surface area (Å²) in [4.78, 5) is 23.1. The van der Waals surface area contributed by atoms with Gasteiger partial charge in [-0.05, 0) is 46.5 Å². The van der Waals surface area contributed by atoms with E-state index in [0.29, 0.717) is 12.1 Å². The Morgan fingerprint density at radius 2 is 1.95 bits per heavy atom. The van der Waals surface area contributed by atoms with E-state index in [4.69, 9.17) is 0 Å². The van der Waals surface area contributed by atoms with Gasteiger partial charge >= 0.3 is 0 Å². The van der Waals surface area contributed by atoms with Crippen LogP contribution in [0.1, 0.15) is 25.8 Å². The second kappa shape index (κ2) is 7.28. The number of hydrogen-bond donors (Lipinski definition) is 2. The highest BCUT2D eigenvalue weighted by atomic mass is 79.9. The minimum Gasteiger partial charge on any atom is -0.347 e. The predicted octanol–water partition coefficient (Wildman–Crippen LogP) is 2.86. The summed E-state index contributed by atoms with van der Waals surface area (Å²) in [6.45, 7) is 5.89. The van der Waals surface area contributed by atoms with Gasteiger partial charge in [-0.2, -0.15) is 0 Å². The Kier molecular flexibility index (Phi) is 6.02. The Balaban J connectivity index is 2.45. The first-order chi connectivity index (χ1) is 8.88. The van der Waals surface area contributed by atoms with Crippen LogP contribution in [0.25, 0.3) is 0 Å². The van der Waals surface area contributed by atoms with Crippen molar-refractivity contribution in [2.45, 2.75) is 27.2 Å². The van der Waals surface area contributed by atoms with E-state index in [2.05, 4.69) is 26.6 Å². The van der Waals surface area contributed by atoms with E-state index < -0.39 is 0 Å². The summed E-state index contributed by atoms with van der Waals surface area (Å²) >= 11 is 3.39. The van der Waals surface area contributed by atoms with E-state index in [1.807, 2.05) is 39.0 Å². The molecule has 0 aliphatic heterocycles. The Bertz CT molecular complexity index is 473. The molecule has 0 aliphatic carbocycles. The lowest BCUT2D eigenvalue weighted by Gasteiger charge is -2.09. The highest BCUT2D eigenvalue weighted by Crippen LogP contribution is 2.23. The van der Waals surface area contributed by atoms with Crippen LogP contribution < -0.4 is 10.6 Å². The van der Waals surface area contributed by atoms with Gasteiger partial charge in [0.2, 0.25) is 11.8 Å². The zero-order chi connectivity index (χ0) is 14.4. The second-order valence-corrected chi connectivity index (χ2v) is 5.76. The normalized spacial score (nSPS) is 10.4. The minimum atomic E-state index is -0.235. The molecule has 1 aromatic rings. The van der Waals surface area contributed by atoms with Crippen molar-refractivity contribution in [1.82, 2.24) is 5.32 Å². The Morgan fingerprint density at radius 3 is 2.53 bits per heavy atom. The molecule has 0 aromatic heterocycles. The van der Waals surface area contributed by atoms with Gasteiger partial charge in [-0.3, -0.25) is 9.59 Å². The fraction of sp³-hybridized carbons (Fsp3) is 0.429. The fourth-order valence-corrected chi connectivity index (χ4v) is 2.13. The van der Waals surface area contributed by atoms with E-state index >= 15 is 0 Å². The third-order valence-corrected chi connectivity index (χ3v) is 3.09. The summed E-state index contributed by atoms with van der Waals surface area (Å²) in [5.74, 6) is -0.0518. The number of aryl methyl sites for hydroxylation is 1. The number of hydrogen-bond acceptors (Lipinski definition) is 2. The molecular weight excluding hydrogens is 308 g/mol. The average molecular weight is 327 g/mol. The molecule has 1 aromatic carbocycles. The van der Waals surface area contributed by atoms with Crippen LogP contribution in [0.4, 0.5) is 5.69 Å². The van der Waals surface area contributed by atoms with Crippen molar-refractivity contribution in [3.8, 4) is 0 Å². The molecule has 0 unspecified atom stereocenters. The molecular formula is C14H19BrN2O2. The number of carbonyl (C=O) groups excluding carboxylic acids is 2. The number of nitrogens with one attached hydrogen (secondary N) is 2. The third-order valence-electron chi connectivity index (χ3n) is 2.44. The minimum absolute atomic E-state index is 0.00807. The largest absolute Gasteiger partial charge is 0.347 e. The van der Waals surface area contributed by atoms with E-state index in [-0.39, 0.29) is 24.3 Å². The molecule has 0 saturated heterocycles. The standard InChI is InChI=1S/C14H19BrN2O2/c1-9(2)6-13(18)16-8-14(19)17-12-5-4-10(3)7-11(12)15/h4-5,7,9H,6,8H2,1-3H3,(H,16,18)(H,17,19). The van der Waals surface area contributed by atoms with Gasteiger partial charge in [0.1, 0.15) is 0 Å². The molecule has 19 heavy (non-hydrogen) atoms. The van der Waals surface area contributed by atoms with Crippen LogP contribution in [0.15, 0.2) is 22.7 Å². The van der Waals surface area contributed by atoms with Crippen LogP contribution in [0.5, 0.6) is 0 Å². The van der Waals surface area contributed by atoms with Crippen molar-refractivity contribution in [3.05, 3.63) is 28.2 Å². The first kappa shape index (κ1) is 15.7. The molecule has 0 atom stereocenters. The van der Waals surface area contributed by atoms with Gasteiger partial charge < -0.3 is 10.6 Å². The maximum atomic E-state index is 11.7. The monoisotopic (exact) mass is 326 g/mol. The molecule has 0 radical (unpaired) electrons. The summed E-state index contributed by atoms with van der Waals surface area (Å²) < 4.78 is 0.828. The molecule has 0 aliphatic rings. The molecule has 0 fully saturated rings. The number of anilines is 1. The summed E-state index contributed by atoms with van der Waals surface area (Å²) in [6.07, 6.45) is 0.432. The molecule has 0 saturated carbocycles. The molecule has 104 valence electrons. The van der Waals surface area contributed by atoms with Gasteiger partial charge in [0.25, 0.3) is 0 Å². The van der Waals surface area contributed by atoms with Crippen LogP contribution >= 0.6 is 15.9 Å². The van der Waals surface area contributed by atoms with Crippen molar-refractivity contribution in [3.63, 3.8) is 0 Å². The van der Waals surface area contributed by atoms with Crippen molar-refractivity contribution in [2.75, 3.05) is 11.9 Å². The van der Waals surface area contributed by atoms with Crippen LogP contribution in [0.2, 0.25) is 0 Å². The average Bonchev–Trinajstić information content (AvgIpc) is 2.29. The van der Waals surface area contributed by atoms with Crippen molar-refractivity contribution < 1.29 is 9.59 Å². The molecule has 2 N–H and O–H groups in total. The number of rotatable bonds is 5. The molecule has 5 heteroatoms. The number of carbonyl (C=O) groups is 2.